The number of rotatable bonds is 4. The van der Waals surface area contributed by atoms with Crippen molar-refractivity contribution >= 4 is 10.0 Å². The smallest absolute Gasteiger partial charge is 0.243 e. The van der Waals surface area contributed by atoms with Gasteiger partial charge in [0.05, 0.1) is 18.0 Å². The van der Waals surface area contributed by atoms with E-state index in [1.165, 1.54) is 4.31 Å². The van der Waals surface area contributed by atoms with Crippen molar-refractivity contribution in [3.63, 3.8) is 0 Å². The zero-order valence-electron chi connectivity index (χ0n) is 14.5. The van der Waals surface area contributed by atoms with E-state index in [4.69, 9.17) is 4.74 Å². The Kier molecular flexibility index (Phi) is 5.58. The lowest BCUT2D eigenvalue weighted by molar-refractivity contribution is 0.328. The summed E-state index contributed by atoms with van der Waals surface area (Å²) in [6.45, 7) is 0.345. The average Bonchev–Trinajstić information content (AvgIpc) is 2.90. The number of hydrogen-bond acceptors (Lipinski definition) is 3. The Morgan fingerprint density at radius 1 is 1.00 bits per heavy atom. The van der Waals surface area contributed by atoms with Gasteiger partial charge in [-0.2, -0.15) is 4.31 Å². The molecule has 1 unspecified atom stereocenters. The number of halogens is 2. The highest BCUT2D eigenvalue weighted by Crippen LogP contribution is 2.35. The van der Waals surface area contributed by atoms with Crippen LogP contribution in [0.25, 0.3) is 0 Å². The first-order valence-corrected chi connectivity index (χ1v) is 9.98. The number of sulfonamides is 1. The van der Waals surface area contributed by atoms with Crippen molar-refractivity contribution in [2.45, 2.75) is 36.6 Å². The van der Waals surface area contributed by atoms with Crippen molar-refractivity contribution in [2.24, 2.45) is 0 Å². The molecular weight excluding hydrogens is 360 g/mol. The molecule has 3 rings (SSSR count). The second kappa shape index (κ2) is 7.72. The monoisotopic (exact) mass is 381 g/mol. The number of methoxy groups -OCH3 is 1. The van der Waals surface area contributed by atoms with E-state index in [9.17, 15) is 17.2 Å². The van der Waals surface area contributed by atoms with Gasteiger partial charge in [-0.05, 0) is 48.7 Å². The lowest BCUT2D eigenvalue weighted by atomic mass is 10.0. The third-order valence-corrected chi connectivity index (χ3v) is 6.61. The fourth-order valence-electron chi connectivity index (χ4n) is 3.30. The van der Waals surface area contributed by atoms with E-state index in [2.05, 4.69) is 0 Å². The van der Waals surface area contributed by atoms with Gasteiger partial charge in [-0.3, -0.25) is 0 Å². The van der Waals surface area contributed by atoms with Gasteiger partial charge >= 0.3 is 0 Å². The summed E-state index contributed by atoms with van der Waals surface area (Å²) >= 11 is 0. The van der Waals surface area contributed by atoms with E-state index in [1.54, 1.807) is 19.2 Å². The minimum Gasteiger partial charge on any atom is -0.497 e. The van der Waals surface area contributed by atoms with E-state index in [0.717, 1.165) is 43.0 Å². The molecule has 0 bridgehead atoms. The van der Waals surface area contributed by atoms with Gasteiger partial charge in [0.25, 0.3) is 0 Å². The highest BCUT2D eigenvalue weighted by atomic mass is 32.2. The molecule has 26 heavy (non-hydrogen) atoms. The summed E-state index contributed by atoms with van der Waals surface area (Å²) in [7, 11) is -2.37. The summed E-state index contributed by atoms with van der Waals surface area (Å²) < 4.78 is 59.6. The summed E-state index contributed by atoms with van der Waals surface area (Å²) in [6.07, 6.45) is 3.24. The van der Waals surface area contributed by atoms with Crippen LogP contribution < -0.4 is 4.74 Å². The normalized spacial score (nSPS) is 19.1. The molecule has 0 aliphatic carbocycles. The molecule has 1 fully saturated rings. The summed E-state index contributed by atoms with van der Waals surface area (Å²) in [5.74, 6) is -1.54. The maximum Gasteiger partial charge on any atom is 0.243 e. The predicted octanol–water partition coefficient (Wildman–Crippen LogP) is 4.28. The van der Waals surface area contributed by atoms with Gasteiger partial charge in [-0.1, -0.05) is 25.0 Å². The van der Waals surface area contributed by atoms with E-state index < -0.39 is 21.7 Å². The molecule has 0 saturated carbocycles. The van der Waals surface area contributed by atoms with Gasteiger partial charge in [0.15, 0.2) is 11.6 Å². The molecular formula is C19H21F2NO3S. The molecule has 140 valence electrons. The van der Waals surface area contributed by atoms with E-state index >= 15 is 0 Å². The molecule has 1 aliphatic rings. The average molecular weight is 381 g/mol. The molecule has 4 nitrogen and oxygen atoms in total. The fraction of sp³-hybridized carbons (Fsp3) is 0.368. The minimum absolute atomic E-state index is 0.225. The number of benzene rings is 2. The zero-order chi connectivity index (χ0) is 18.7. The van der Waals surface area contributed by atoms with Gasteiger partial charge in [-0.25, -0.2) is 17.2 Å². The van der Waals surface area contributed by atoms with Crippen molar-refractivity contribution in [1.29, 1.82) is 0 Å². The molecule has 7 heteroatoms. The molecule has 2 aromatic carbocycles. The quantitative estimate of drug-likeness (QED) is 0.794. The first-order chi connectivity index (χ1) is 12.4. The predicted molar refractivity (Wildman–Crippen MR) is 94.5 cm³/mol. The molecule has 1 heterocycles. The standard InChI is InChI=1S/C19H21F2NO3S/c1-25-15-8-6-14(7-9-15)19-5-3-2-4-12-22(19)26(23,24)16-10-11-17(20)18(21)13-16/h6-11,13,19H,2-5,12H2,1H3. The molecule has 0 radical (unpaired) electrons. The lowest BCUT2D eigenvalue weighted by Gasteiger charge is -2.29. The summed E-state index contributed by atoms with van der Waals surface area (Å²) in [4.78, 5) is -0.225. The van der Waals surface area contributed by atoms with E-state index in [1.807, 2.05) is 12.1 Å². The largest absolute Gasteiger partial charge is 0.497 e. The van der Waals surface area contributed by atoms with E-state index in [0.29, 0.717) is 18.7 Å². The molecule has 2 aromatic rings. The third-order valence-electron chi connectivity index (χ3n) is 4.70. The van der Waals surface area contributed by atoms with Crippen LogP contribution in [0, 0.1) is 11.6 Å². The summed E-state index contributed by atoms with van der Waals surface area (Å²) in [5, 5.41) is 0. The van der Waals surface area contributed by atoms with E-state index in [-0.39, 0.29) is 10.9 Å². The van der Waals surface area contributed by atoms with Gasteiger partial charge in [0.1, 0.15) is 5.75 Å². The van der Waals surface area contributed by atoms with Crippen LogP contribution in [0.2, 0.25) is 0 Å². The maximum atomic E-state index is 13.6. The maximum absolute atomic E-state index is 13.6. The Morgan fingerprint density at radius 2 is 1.73 bits per heavy atom. The Labute approximate surface area is 152 Å². The number of hydrogen-bond donors (Lipinski definition) is 0. The van der Waals surface area contributed by atoms with Crippen LogP contribution in [-0.4, -0.2) is 26.4 Å². The molecule has 1 saturated heterocycles. The van der Waals surface area contributed by atoms with Crippen LogP contribution >= 0.6 is 0 Å². The molecule has 1 atom stereocenters. The van der Waals surface area contributed by atoms with Crippen LogP contribution in [0.4, 0.5) is 8.78 Å². The van der Waals surface area contributed by atoms with Crippen LogP contribution in [0.1, 0.15) is 37.3 Å². The number of ether oxygens (including phenoxy) is 1. The Balaban J connectivity index is 2.00. The minimum atomic E-state index is -3.94. The summed E-state index contributed by atoms with van der Waals surface area (Å²) in [6, 6.07) is 9.66. The second-order valence-corrected chi connectivity index (χ2v) is 8.22. The number of nitrogens with zero attached hydrogens (tertiary/aromatic N) is 1. The highest BCUT2D eigenvalue weighted by Gasteiger charge is 2.33. The Morgan fingerprint density at radius 3 is 2.38 bits per heavy atom. The van der Waals surface area contributed by atoms with Crippen LogP contribution in [0.5, 0.6) is 5.75 Å². The topological polar surface area (TPSA) is 46.6 Å². The van der Waals surface area contributed by atoms with Crippen LogP contribution in [0.3, 0.4) is 0 Å². The van der Waals surface area contributed by atoms with Crippen LogP contribution in [-0.2, 0) is 10.0 Å². The SMILES string of the molecule is COc1ccc(C2CCCCCN2S(=O)(=O)c2ccc(F)c(F)c2)cc1. The molecule has 0 aromatic heterocycles. The summed E-state index contributed by atoms with van der Waals surface area (Å²) in [5.41, 5.74) is 0.860. The third kappa shape index (κ3) is 3.73. The molecule has 0 N–H and O–H groups in total. The van der Waals surface area contributed by atoms with Gasteiger partial charge in [0, 0.05) is 6.54 Å². The van der Waals surface area contributed by atoms with Crippen molar-refractivity contribution in [3.8, 4) is 5.75 Å². The first kappa shape index (κ1) is 18.8. The fourth-order valence-corrected chi connectivity index (χ4v) is 5.00. The van der Waals surface area contributed by atoms with Crippen molar-refractivity contribution < 1.29 is 21.9 Å². The van der Waals surface area contributed by atoms with Crippen molar-refractivity contribution in [1.82, 2.24) is 4.31 Å². The first-order valence-electron chi connectivity index (χ1n) is 8.54. The molecule has 1 aliphatic heterocycles. The molecule has 0 spiro atoms. The van der Waals surface area contributed by atoms with Gasteiger partial charge in [-0.15, -0.1) is 0 Å². The second-order valence-electron chi connectivity index (χ2n) is 6.33. The van der Waals surface area contributed by atoms with Gasteiger partial charge < -0.3 is 4.74 Å². The lowest BCUT2D eigenvalue weighted by Crippen LogP contribution is -2.35. The van der Waals surface area contributed by atoms with Gasteiger partial charge in [0.2, 0.25) is 10.0 Å². The zero-order valence-corrected chi connectivity index (χ0v) is 15.3. The van der Waals surface area contributed by atoms with Crippen molar-refractivity contribution in [3.05, 3.63) is 59.7 Å². The highest BCUT2D eigenvalue weighted by molar-refractivity contribution is 7.89. The Hall–Kier alpha value is -1.99. The van der Waals surface area contributed by atoms with Crippen molar-refractivity contribution in [2.75, 3.05) is 13.7 Å². The van der Waals surface area contributed by atoms with Crippen LogP contribution in [0.15, 0.2) is 47.4 Å². The molecule has 0 amide bonds. The Bertz CT molecular complexity index is 869.